The van der Waals surface area contributed by atoms with Crippen LogP contribution in [0.15, 0.2) is 303 Å². The first-order valence-corrected chi connectivity index (χ1v) is 32.3. The van der Waals surface area contributed by atoms with Crippen LogP contribution in [0.1, 0.15) is 0 Å². The normalized spacial score (nSPS) is 12.3. The Morgan fingerprint density at radius 1 is 0.160 bits per heavy atom. The summed E-state index contributed by atoms with van der Waals surface area (Å²) in [6.45, 7) is 0. The minimum Gasteiger partial charge on any atom is -0.244 e. The quantitative estimate of drug-likeness (QED) is 0.156. The lowest BCUT2D eigenvalue weighted by Gasteiger charge is -2.20. The van der Waals surface area contributed by atoms with Crippen LogP contribution >= 0.6 is 0 Å². The first-order valence-electron chi connectivity index (χ1n) is 32.3. The van der Waals surface area contributed by atoms with Crippen LogP contribution in [0.25, 0.3) is 220 Å². The smallest absolute Gasteiger partial charge is 0.0979 e. The van der Waals surface area contributed by atoms with Crippen LogP contribution in [0, 0.1) is 0 Å². The average molecular weight is 1190 g/mol. The summed E-state index contributed by atoms with van der Waals surface area (Å²) in [5, 5.41) is 19.4. The molecule has 0 radical (unpaired) electrons. The van der Waals surface area contributed by atoms with Gasteiger partial charge in [-0.2, -0.15) is 0 Å². The molecule has 2 heterocycles. The maximum atomic E-state index is 5.60. The van der Waals surface area contributed by atoms with Crippen molar-refractivity contribution in [3.63, 3.8) is 0 Å². The van der Waals surface area contributed by atoms with E-state index >= 15 is 0 Å². The summed E-state index contributed by atoms with van der Waals surface area (Å²) in [4.78, 5) is 21.5. The average Bonchev–Trinajstić information content (AvgIpc) is 1.28. The lowest BCUT2D eigenvalue weighted by Crippen LogP contribution is -1.93. The lowest BCUT2D eigenvalue weighted by atomic mass is 9.83. The van der Waals surface area contributed by atoms with Gasteiger partial charge in [-0.1, -0.05) is 261 Å². The van der Waals surface area contributed by atoms with E-state index in [0.29, 0.717) is 0 Å². The van der Waals surface area contributed by atoms with Crippen LogP contribution in [0.2, 0.25) is 0 Å². The molecule has 430 valence electrons. The Labute approximate surface area is 540 Å². The maximum Gasteiger partial charge on any atom is 0.0979 e. The van der Waals surface area contributed by atoms with Gasteiger partial charge in [-0.05, 0) is 185 Å². The third-order valence-corrected chi connectivity index (χ3v) is 20.5. The van der Waals surface area contributed by atoms with Gasteiger partial charge in [0.1, 0.15) is 0 Å². The second kappa shape index (κ2) is 19.5. The molecular formula is C90H50N4. The molecule has 19 aromatic rings. The molecule has 0 aliphatic heterocycles. The Morgan fingerprint density at radius 3 is 1.18 bits per heavy atom. The number of nitrogens with zero attached hydrogens (tertiary/aromatic N) is 4. The Morgan fingerprint density at radius 2 is 0.553 bits per heavy atom. The molecule has 0 unspecified atom stereocenters. The summed E-state index contributed by atoms with van der Waals surface area (Å²) in [6, 6.07) is 112. The summed E-state index contributed by atoms with van der Waals surface area (Å²) in [6.07, 6.45) is 0. The highest BCUT2D eigenvalue weighted by Gasteiger charge is 2.30. The molecule has 0 amide bonds. The number of hydrogen-bond acceptors (Lipinski definition) is 4. The zero-order valence-electron chi connectivity index (χ0n) is 50.7. The zero-order chi connectivity index (χ0) is 61.3. The number of rotatable bonds is 6. The van der Waals surface area contributed by atoms with Gasteiger partial charge in [-0.25, -0.2) is 19.9 Å². The number of benzene rings is 17. The van der Waals surface area contributed by atoms with Gasteiger partial charge < -0.3 is 0 Å². The molecule has 2 aliphatic rings. The summed E-state index contributed by atoms with van der Waals surface area (Å²) in [7, 11) is 0. The number of para-hydroxylation sites is 2. The van der Waals surface area contributed by atoms with Crippen LogP contribution in [0.3, 0.4) is 0 Å². The van der Waals surface area contributed by atoms with E-state index in [0.717, 1.165) is 78.2 Å². The van der Waals surface area contributed by atoms with Crippen LogP contribution < -0.4 is 0 Å². The number of aromatic nitrogens is 4. The molecule has 0 atom stereocenters. The van der Waals surface area contributed by atoms with Crippen LogP contribution in [0.5, 0.6) is 0 Å². The lowest BCUT2D eigenvalue weighted by molar-refractivity contribution is 1.32. The largest absolute Gasteiger partial charge is 0.244 e. The SMILES string of the molecule is c1ccc(-c2c3ccccc3c(-c3ccc4c5c(cccc35)-c3nc5ccc(-c6cccc7cc(-c8c9ccccc9c(-c9ccc%10c%11c(cccc9%11)-c9nc%11ccccc%11nc9-%10)c9ccccc89)ccc67)cc5nc3-4)c3cc(-c4ccc5ccccc5c4)ccc23)cc1. The van der Waals surface area contributed by atoms with E-state index < -0.39 is 0 Å². The predicted molar refractivity (Wildman–Crippen MR) is 394 cm³/mol. The molecule has 2 aliphatic carbocycles. The molecule has 94 heavy (non-hydrogen) atoms. The van der Waals surface area contributed by atoms with E-state index in [1.165, 1.54) is 142 Å². The Balaban J connectivity index is 0.678. The number of hydrogen-bond donors (Lipinski definition) is 0. The van der Waals surface area contributed by atoms with E-state index in [4.69, 9.17) is 19.9 Å². The highest BCUT2D eigenvalue weighted by Crippen LogP contribution is 2.54. The molecule has 0 saturated heterocycles. The first kappa shape index (κ1) is 51.3. The molecule has 0 spiro atoms. The molecule has 0 fully saturated rings. The molecule has 4 nitrogen and oxygen atoms in total. The molecule has 0 bridgehead atoms. The monoisotopic (exact) mass is 1190 g/mol. The second-order valence-electron chi connectivity index (χ2n) is 25.4. The van der Waals surface area contributed by atoms with Gasteiger partial charge in [-0.15, -0.1) is 0 Å². The van der Waals surface area contributed by atoms with Crippen molar-refractivity contribution in [3.8, 4) is 112 Å². The topological polar surface area (TPSA) is 51.6 Å². The summed E-state index contributed by atoms with van der Waals surface area (Å²) >= 11 is 0. The van der Waals surface area contributed by atoms with Gasteiger partial charge in [-0.3, -0.25) is 0 Å². The van der Waals surface area contributed by atoms with Gasteiger partial charge >= 0.3 is 0 Å². The van der Waals surface area contributed by atoms with Crippen molar-refractivity contribution in [2.75, 3.05) is 0 Å². The van der Waals surface area contributed by atoms with Crippen molar-refractivity contribution in [1.29, 1.82) is 0 Å². The Kier molecular flexibility index (Phi) is 10.6. The number of fused-ring (bicyclic) bond motifs is 14. The summed E-state index contributed by atoms with van der Waals surface area (Å²) in [5.41, 5.74) is 26.2. The highest BCUT2D eigenvalue weighted by molar-refractivity contribution is 6.29. The maximum absolute atomic E-state index is 5.60. The molecule has 0 N–H and O–H groups in total. The van der Waals surface area contributed by atoms with Crippen molar-refractivity contribution < 1.29 is 0 Å². The van der Waals surface area contributed by atoms with Crippen molar-refractivity contribution in [2.24, 2.45) is 0 Å². The molecule has 0 saturated carbocycles. The van der Waals surface area contributed by atoms with Crippen molar-refractivity contribution in [3.05, 3.63) is 303 Å². The molecular weight excluding hydrogens is 1140 g/mol. The van der Waals surface area contributed by atoms with E-state index in [9.17, 15) is 0 Å². The van der Waals surface area contributed by atoms with E-state index in [2.05, 4.69) is 291 Å². The van der Waals surface area contributed by atoms with Crippen LogP contribution in [-0.2, 0) is 0 Å². The minimum atomic E-state index is 0.870. The molecule has 4 heteroatoms. The third-order valence-electron chi connectivity index (χ3n) is 20.5. The van der Waals surface area contributed by atoms with Gasteiger partial charge in [0.15, 0.2) is 0 Å². The van der Waals surface area contributed by atoms with Crippen molar-refractivity contribution >= 4 is 108 Å². The molecule has 2 aromatic heterocycles. The fourth-order valence-electron chi connectivity index (χ4n) is 16.4. The predicted octanol–water partition coefficient (Wildman–Crippen LogP) is 24.1. The fraction of sp³-hybridized carbons (Fsp3) is 0. The van der Waals surface area contributed by atoms with Crippen LogP contribution in [-0.4, -0.2) is 19.9 Å². The molecule has 17 aromatic carbocycles. The highest BCUT2D eigenvalue weighted by atomic mass is 14.9. The van der Waals surface area contributed by atoms with Gasteiger partial charge in [0.25, 0.3) is 0 Å². The first-order chi connectivity index (χ1) is 46.6. The minimum absolute atomic E-state index is 0.870. The van der Waals surface area contributed by atoms with Gasteiger partial charge in [0, 0.05) is 33.0 Å². The fourth-order valence-corrected chi connectivity index (χ4v) is 16.4. The Hall–Kier alpha value is -12.5. The van der Waals surface area contributed by atoms with Crippen LogP contribution in [0.4, 0.5) is 0 Å². The molecule has 21 rings (SSSR count). The van der Waals surface area contributed by atoms with E-state index in [1.807, 2.05) is 12.1 Å². The third kappa shape index (κ3) is 7.33. The van der Waals surface area contributed by atoms with E-state index in [1.54, 1.807) is 0 Å². The van der Waals surface area contributed by atoms with Gasteiger partial charge in [0.2, 0.25) is 0 Å². The summed E-state index contributed by atoms with van der Waals surface area (Å²) in [5.74, 6) is 0. The van der Waals surface area contributed by atoms with Crippen molar-refractivity contribution in [1.82, 2.24) is 19.9 Å². The summed E-state index contributed by atoms with van der Waals surface area (Å²) < 4.78 is 0. The standard InChI is InChI=1S/C90H50N4/c1-2-18-52(19-3-1)81-61-22-6-11-27-66(61)84(76-49-55(37-41-71(76)81)54-36-35-51-17-4-5-20-53(51)47-54)70-43-45-75-86-68(70)30-16-32-73(86)88-90(75)94-80-50-57(39-46-79(80)93-88)59-28-14-21-56-48-58(38-40-60(56)59)82-62-23-7-9-25-64(62)83(65-26-10-8-24-63(65)82)69-42-44-74-85-67(69)29-15-31-72(85)87-89(74)92-78-34-13-12-33-77(78)91-87/h1-50H. The van der Waals surface area contributed by atoms with Gasteiger partial charge in [0.05, 0.1) is 44.8 Å². The van der Waals surface area contributed by atoms with E-state index in [-0.39, 0.29) is 0 Å². The van der Waals surface area contributed by atoms with Crippen molar-refractivity contribution in [2.45, 2.75) is 0 Å². The second-order valence-corrected chi connectivity index (χ2v) is 25.4. The Bertz CT molecular complexity index is 6500. The zero-order valence-corrected chi connectivity index (χ0v) is 50.7.